The van der Waals surface area contributed by atoms with E-state index in [2.05, 4.69) is 5.10 Å². The topological polar surface area (TPSA) is 55.1 Å². The molecule has 1 N–H and O–H groups in total. The normalized spacial score (nSPS) is 16.7. The van der Waals surface area contributed by atoms with Crippen molar-refractivity contribution in [2.45, 2.75) is 24.4 Å². The first-order valence-corrected chi connectivity index (χ1v) is 6.30. The highest BCUT2D eigenvalue weighted by Crippen LogP contribution is 2.48. The van der Waals surface area contributed by atoms with Gasteiger partial charge in [-0.25, -0.2) is 4.68 Å². The third-order valence-corrected chi connectivity index (χ3v) is 3.72. The van der Waals surface area contributed by atoms with Gasteiger partial charge in [-0.15, -0.1) is 0 Å². The van der Waals surface area contributed by atoms with Gasteiger partial charge in [0, 0.05) is 6.20 Å². The largest absolute Gasteiger partial charge is 0.481 e. The Kier molecular flexibility index (Phi) is 2.82. The van der Waals surface area contributed by atoms with Gasteiger partial charge in [0.25, 0.3) is 0 Å². The van der Waals surface area contributed by atoms with Gasteiger partial charge in [-0.1, -0.05) is 12.1 Å². The van der Waals surface area contributed by atoms with Gasteiger partial charge in [0.05, 0.1) is 11.1 Å². The number of hydrogen-bond donors (Lipinski definition) is 1. The Balaban J connectivity index is 1.88. The Morgan fingerprint density at radius 3 is 2.24 bits per heavy atom. The first-order chi connectivity index (χ1) is 9.83. The maximum atomic E-state index is 12.5. The fraction of sp³-hybridized carbons (Fsp3) is 0.286. The van der Waals surface area contributed by atoms with E-state index in [0.717, 1.165) is 10.7 Å². The van der Waals surface area contributed by atoms with Crippen LogP contribution in [-0.2, 0) is 16.4 Å². The summed E-state index contributed by atoms with van der Waals surface area (Å²) in [6, 6.07) is 7.31. The van der Waals surface area contributed by atoms with Crippen molar-refractivity contribution in [3.63, 3.8) is 0 Å². The molecule has 3 rings (SSSR count). The van der Waals surface area contributed by atoms with Gasteiger partial charge in [-0.3, -0.25) is 4.79 Å². The summed E-state index contributed by atoms with van der Waals surface area (Å²) >= 11 is 0. The van der Waals surface area contributed by atoms with Crippen LogP contribution in [-0.4, -0.2) is 20.9 Å². The molecule has 1 aliphatic carbocycles. The predicted octanol–water partition coefficient (Wildman–Crippen LogP) is 3.01. The third kappa shape index (κ3) is 2.28. The van der Waals surface area contributed by atoms with Crippen LogP contribution >= 0.6 is 0 Å². The molecule has 7 heteroatoms. The van der Waals surface area contributed by atoms with Crippen LogP contribution in [0.15, 0.2) is 36.5 Å². The van der Waals surface area contributed by atoms with Crippen LogP contribution in [0.1, 0.15) is 24.1 Å². The molecule has 0 radical (unpaired) electrons. The molecule has 2 aromatic rings. The minimum Gasteiger partial charge on any atom is -0.481 e. The van der Waals surface area contributed by atoms with Gasteiger partial charge >= 0.3 is 12.1 Å². The number of alkyl halides is 3. The lowest BCUT2D eigenvalue weighted by molar-refractivity contribution is -0.141. The number of carbonyl (C=O) groups is 1. The van der Waals surface area contributed by atoms with Gasteiger partial charge in [0.15, 0.2) is 5.69 Å². The highest BCUT2D eigenvalue weighted by Gasteiger charge is 2.51. The Bertz CT molecular complexity index is 685. The number of aliphatic carboxylic acids is 1. The monoisotopic (exact) mass is 296 g/mol. The quantitative estimate of drug-likeness (QED) is 0.947. The molecule has 0 bridgehead atoms. The van der Waals surface area contributed by atoms with E-state index in [1.807, 2.05) is 0 Å². The van der Waals surface area contributed by atoms with Crippen LogP contribution in [0.3, 0.4) is 0 Å². The number of carboxylic acid groups (broad SMARTS) is 1. The summed E-state index contributed by atoms with van der Waals surface area (Å²) in [6.07, 6.45) is -2.09. The SMILES string of the molecule is O=C(O)C1(c2ccc(-n3ccc(C(F)(F)F)n3)cc2)CC1. The van der Waals surface area contributed by atoms with E-state index in [-0.39, 0.29) is 0 Å². The van der Waals surface area contributed by atoms with E-state index >= 15 is 0 Å². The molecular weight excluding hydrogens is 285 g/mol. The van der Waals surface area contributed by atoms with Crippen LogP contribution < -0.4 is 0 Å². The smallest absolute Gasteiger partial charge is 0.435 e. The van der Waals surface area contributed by atoms with E-state index in [1.54, 1.807) is 24.3 Å². The molecule has 0 atom stereocenters. The second-order valence-electron chi connectivity index (χ2n) is 5.08. The Hall–Kier alpha value is -2.31. The zero-order valence-electron chi connectivity index (χ0n) is 10.8. The maximum Gasteiger partial charge on any atom is 0.435 e. The molecule has 0 amide bonds. The number of aromatic nitrogens is 2. The van der Waals surface area contributed by atoms with Gasteiger partial charge in [-0.05, 0) is 36.6 Å². The molecule has 21 heavy (non-hydrogen) atoms. The lowest BCUT2D eigenvalue weighted by atomic mass is 9.96. The van der Waals surface area contributed by atoms with Crippen molar-refractivity contribution in [1.29, 1.82) is 0 Å². The van der Waals surface area contributed by atoms with E-state index in [9.17, 15) is 23.1 Å². The summed E-state index contributed by atoms with van der Waals surface area (Å²) < 4.78 is 38.6. The summed E-state index contributed by atoms with van der Waals surface area (Å²) in [4.78, 5) is 11.2. The van der Waals surface area contributed by atoms with Gasteiger partial charge < -0.3 is 5.11 Å². The summed E-state index contributed by atoms with van der Waals surface area (Å²) in [6.45, 7) is 0. The molecule has 4 nitrogen and oxygen atoms in total. The lowest BCUT2D eigenvalue weighted by Crippen LogP contribution is -2.19. The highest BCUT2D eigenvalue weighted by atomic mass is 19.4. The molecule has 1 heterocycles. The Labute approximate surface area is 117 Å². The molecule has 1 aromatic carbocycles. The van der Waals surface area contributed by atoms with Crippen LogP contribution in [0.5, 0.6) is 0 Å². The Morgan fingerprint density at radius 1 is 1.19 bits per heavy atom. The average Bonchev–Trinajstić information content (AvgIpc) is 3.08. The molecule has 1 aromatic heterocycles. The van der Waals surface area contributed by atoms with Gasteiger partial charge in [0.2, 0.25) is 0 Å². The fourth-order valence-electron chi connectivity index (χ4n) is 2.30. The van der Waals surface area contributed by atoms with Crippen LogP contribution in [0.25, 0.3) is 5.69 Å². The molecule has 0 spiro atoms. The minimum absolute atomic E-state index is 0.454. The lowest BCUT2D eigenvalue weighted by Gasteiger charge is -2.11. The number of carboxylic acids is 1. The van der Waals surface area contributed by atoms with Crippen molar-refractivity contribution in [1.82, 2.24) is 9.78 Å². The molecule has 0 unspecified atom stereocenters. The first kappa shape index (κ1) is 13.7. The summed E-state index contributed by atoms with van der Waals surface area (Å²) in [5.74, 6) is -0.867. The summed E-state index contributed by atoms with van der Waals surface area (Å²) in [5.41, 5.74) is -0.659. The summed E-state index contributed by atoms with van der Waals surface area (Å²) in [7, 11) is 0. The molecule has 0 saturated heterocycles. The third-order valence-electron chi connectivity index (χ3n) is 3.72. The van der Waals surface area contributed by atoms with Crippen molar-refractivity contribution in [2.24, 2.45) is 0 Å². The number of rotatable bonds is 3. The molecule has 1 aliphatic rings. The Morgan fingerprint density at radius 2 is 1.81 bits per heavy atom. The van der Waals surface area contributed by atoms with E-state index in [4.69, 9.17) is 0 Å². The van der Waals surface area contributed by atoms with Crippen molar-refractivity contribution in [2.75, 3.05) is 0 Å². The standard InChI is InChI=1S/C14H11F3N2O2/c15-14(16,17)11-5-8-19(18-11)10-3-1-9(2-4-10)13(6-7-13)12(20)21/h1-5,8H,6-7H2,(H,20,21). The van der Waals surface area contributed by atoms with Crippen molar-refractivity contribution < 1.29 is 23.1 Å². The maximum absolute atomic E-state index is 12.5. The number of benzene rings is 1. The summed E-state index contributed by atoms with van der Waals surface area (Å²) in [5, 5.41) is 12.7. The number of nitrogens with zero attached hydrogens (tertiary/aromatic N) is 2. The van der Waals surface area contributed by atoms with E-state index < -0.39 is 23.3 Å². The van der Waals surface area contributed by atoms with Crippen LogP contribution in [0.4, 0.5) is 13.2 Å². The zero-order valence-corrected chi connectivity index (χ0v) is 10.8. The van der Waals surface area contributed by atoms with Crippen LogP contribution in [0.2, 0.25) is 0 Å². The molecule has 110 valence electrons. The second kappa shape index (κ2) is 4.34. The number of halogens is 3. The molecule has 0 aliphatic heterocycles. The fourth-order valence-corrected chi connectivity index (χ4v) is 2.30. The van der Waals surface area contributed by atoms with Gasteiger partial charge in [-0.2, -0.15) is 18.3 Å². The minimum atomic E-state index is -4.48. The highest BCUT2D eigenvalue weighted by molar-refractivity contribution is 5.84. The van der Waals surface area contributed by atoms with Crippen molar-refractivity contribution in [3.8, 4) is 5.69 Å². The predicted molar refractivity (Wildman–Crippen MR) is 67.1 cm³/mol. The molecule has 1 fully saturated rings. The number of hydrogen-bond acceptors (Lipinski definition) is 2. The van der Waals surface area contributed by atoms with Crippen LogP contribution in [0, 0.1) is 0 Å². The second-order valence-corrected chi connectivity index (χ2v) is 5.08. The first-order valence-electron chi connectivity index (χ1n) is 6.30. The van der Waals surface area contributed by atoms with E-state index in [1.165, 1.54) is 6.20 Å². The molecule has 1 saturated carbocycles. The average molecular weight is 296 g/mol. The van der Waals surface area contributed by atoms with E-state index in [0.29, 0.717) is 24.1 Å². The zero-order chi connectivity index (χ0) is 15.3. The molecular formula is C14H11F3N2O2. The van der Waals surface area contributed by atoms with Gasteiger partial charge in [0.1, 0.15) is 0 Å². The van der Waals surface area contributed by atoms with Crippen molar-refractivity contribution in [3.05, 3.63) is 47.8 Å². The van der Waals surface area contributed by atoms with Crippen molar-refractivity contribution >= 4 is 5.97 Å².